The second kappa shape index (κ2) is 9.63. The van der Waals surface area contributed by atoms with Crippen LogP contribution in [0.1, 0.15) is 41.4 Å². The van der Waals surface area contributed by atoms with E-state index >= 15 is 0 Å². The number of halogens is 2. The number of oxime groups is 1. The van der Waals surface area contributed by atoms with Gasteiger partial charge >= 0.3 is 0 Å². The number of hydrogen-bond acceptors (Lipinski definition) is 7. The Labute approximate surface area is 216 Å². The Kier molecular flexibility index (Phi) is 6.33. The zero-order valence-corrected chi connectivity index (χ0v) is 20.9. The molecular formula is C26H25ClFN3O4S. The van der Waals surface area contributed by atoms with Gasteiger partial charge in [-0.05, 0) is 67.6 Å². The van der Waals surface area contributed by atoms with Crippen molar-refractivity contribution in [1.29, 1.82) is 0 Å². The highest BCUT2D eigenvalue weighted by atomic mass is 35.5. The van der Waals surface area contributed by atoms with Gasteiger partial charge < -0.3 is 24.9 Å². The summed E-state index contributed by atoms with van der Waals surface area (Å²) >= 11 is 7.59. The van der Waals surface area contributed by atoms with Crippen molar-refractivity contribution in [3.05, 3.63) is 63.2 Å². The molecule has 188 valence electrons. The van der Waals surface area contributed by atoms with E-state index in [9.17, 15) is 14.3 Å². The van der Waals surface area contributed by atoms with Crippen molar-refractivity contribution in [3.63, 3.8) is 0 Å². The van der Waals surface area contributed by atoms with Gasteiger partial charge in [0.2, 0.25) is 0 Å². The van der Waals surface area contributed by atoms with Crippen molar-refractivity contribution in [2.24, 2.45) is 5.16 Å². The highest BCUT2D eigenvalue weighted by Crippen LogP contribution is 2.36. The zero-order valence-electron chi connectivity index (χ0n) is 19.4. The summed E-state index contributed by atoms with van der Waals surface area (Å²) in [5.41, 5.74) is 1.43. The number of aliphatic hydroxyl groups excluding tert-OH is 1. The fourth-order valence-electron chi connectivity index (χ4n) is 4.50. The van der Waals surface area contributed by atoms with Gasteiger partial charge in [-0.3, -0.25) is 4.79 Å². The molecule has 3 aromatic rings. The van der Waals surface area contributed by atoms with E-state index in [1.54, 1.807) is 12.1 Å². The number of benzene rings is 2. The average Bonchev–Trinajstić information content (AvgIpc) is 3.58. The van der Waals surface area contributed by atoms with Crippen LogP contribution < -0.4 is 10.1 Å². The fraction of sp³-hybridized carbons (Fsp3) is 0.385. The van der Waals surface area contributed by atoms with Gasteiger partial charge in [-0.15, -0.1) is 11.3 Å². The first-order valence-corrected chi connectivity index (χ1v) is 13.2. The molecule has 0 spiro atoms. The lowest BCUT2D eigenvalue weighted by Gasteiger charge is -2.36. The van der Waals surface area contributed by atoms with E-state index in [0.29, 0.717) is 17.1 Å². The Bertz CT molecular complexity index is 1350. The van der Waals surface area contributed by atoms with Crippen molar-refractivity contribution in [3.8, 4) is 5.75 Å². The average molecular weight is 530 g/mol. The Hall–Kier alpha value is -2.72. The molecular weight excluding hydrogens is 505 g/mol. The summed E-state index contributed by atoms with van der Waals surface area (Å²) in [6.07, 6.45) is 1.87. The van der Waals surface area contributed by atoms with Gasteiger partial charge in [0, 0.05) is 21.8 Å². The Morgan fingerprint density at radius 3 is 2.86 bits per heavy atom. The molecule has 2 N–H and O–H groups in total. The number of hydrogen-bond donors (Lipinski definition) is 2. The SMILES string of the molecule is O=C(N[C@H](CN1CCC1)[C@H](O)c1ccc(OC2CC2)c(F)c1)C1=NOCc2c1sc1cc(Cl)ccc21. The van der Waals surface area contributed by atoms with Gasteiger partial charge in [-0.2, -0.15) is 0 Å². The van der Waals surface area contributed by atoms with Crippen LogP contribution in [0.2, 0.25) is 5.02 Å². The number of carbonyl (C=O) groups excluding carboxylic acids is 1. The number of carbonyl (C=O) groups is 1. The van der Waals surface area contributed by atoms with E-state index < -0.39 is 23.9 Å². The number of aliphatic hydroxyl groups is 1. The van der Waals surface area contributed by atoms with Crippen molar-refractivity contribution in [2.75, 3.05) is 19.6 Å². The minimum absolute atomic E-state index is 0.0713. The Balaban J connectivity index is 1.24. The number of thiophene rings is 1. The number of nitrogens with zero attached hydrogens (tertiary/aromatic N) is 2. The summed E-state index contributed by atoms with van der Waals surface area (Å²) in [5, 5.41) is 19.8. The lowest BCUT2D eigenvalue weighted by molar-refractivity contribution is -0.116. The Morgan fingerprint density at radius 2 is 2.14 bits per heavy atom. The van der Waals surface area contributed by atoms with Crippen LogP contribution in [0.25, 0.3) is 10.1 Å². The summed E-state index contributed by atoms with van der Waals surface area (Å²) < 4.78 is 21.2. The van der Waals surface area contributed by atoms with Gasteiger partial charge in [-0.1, -0.05) is 28.9 Å². The number of amides is 1. The minimum atomic E-state index is -1.12. The number of nitrogens with one attached hydrogen (secondary N) is 1. The third-order valence-corrected chi connectivity index (χ3v) is 8.20. The van der Waals surface area contributed by atoms with E-state index in [4.69, 9.17) is 21.2 Å². The van der Waals surface area contributed by atoms with Crippen molar-refractivity contribution in [1.82, 2.24) is 10.2 Å². The van der Waals surface area contributed by atoms with Gasteiger partial charge in [0.1, 0.15) is 12.7 Å². The summed E-state index contributed by atoms with van der Waals surface area (Å²) in [7, 11) is 0. The molecule has 0 radical (unpaired) electrons. The van der Waals surface area contributed by atoms with E-state index in [2.05, 4.69) is 15.4 Å². The zero-order chi connectivity index (χ0) is 24.8. The molecule has 7 nitrogen and oxygen atoms in total. The molecule has 10 heteroatoms. The van der Waals surface area contributed by atoms with Crippen LogP contribution in [-0.4, -0.2) is 53.4 Å². The molecule has 6 rings (SSSR count). The number of fused-ring (bicyclic) bond motifs is 3. The quantitative estimate of drug-likeness (QED) is 0.452. The van der Waals surface area contributed by atoms with Gasteiger partial charge in [0.05, 0.1) is 17.0 Å². The first-order chi connectivity index (χ1) is 17.5. The lowest BCUT2D eigenvalue weighted by atomic mass is 9.99. The molecule has 0 bridgehead atoms. The maximum absolute atomic E-state index is 14.7. The second-order valence-corrected chi connectivity index (χ2v) is 10.9. The first-order valence-electron chi connectivity index (χ1n) is 12.0. The molecule has 0 unspecified atom stereocenters. The molecule has 2 aliphatic heterocycles. The van der Waals surface area contributed by atoms with Crippen molar-refractivity contribution >= 4 is 44.6 Å². The summed E-state index contributed by atoms with van der Waals surface area (Å²) in [6, 6.07) is 9.38. The van der Waals surface area contributed by atoms with Crippen LogP contribution in [0.5, 0.6) is 5.75 Å². The van der Waals surface area contributed by atoms with Gasteiger partial charge in [-0.25, -0.2) is 4.39 Å². The molecule has 1 aromatic heterocycles. The minimum Gasteiger partial charge on any atom is -0.487 e. The van der Waals surface area contributed by atoms with E-state index in [-0.39, 0.29) is 24.2 Å². The number of ether oxygens (including phenoxy) is 1. The molecule has 1 aliphatic carbocycles. The molecule has 2 aromatic carbocycles. The highest BCUT2D eigenvalue weighted by molar-refractivity contribution is 7.21. The maximum atomic E-state index is 14.7. The van der Waals surface area contributed by atoms with Gasteiger partial charge in [0.25, 0.3) is 5.91 Å². The third kappa shape index (κ3) is 4.68. The van der Waals surface area contributed by atoms with Crippen LogP contribution in [0, 0.1) is 5.82 Å². The lowest BCUT2D eigenvalue weighted by Crippen LogP contribution is -2.52. The molecule has 2 fully saturated rings. The fourth-order valence-corrected chi connectivity index (χ4v) is 5.97. The molecule has 1 amide bonds. The predicted molar refractivity (Wildman–Crippen MR) is 136 cm³/mol. The number of likely N-dealkylation sites (tertiary alicyclic amines) is 1. The third-order valence-electron chi connectivity index (χ3n) is 6.77. The molecule has 3 aliphatic rings. The maximum Gasteiger partial charge on any atom is 0.275 e. The predicted octanol–water partition coefficient (Wildman–Crippen LogP) is 4.39. The van der Waals surface area contributed by atoms with Crippen LogP contribution in [0.4, 0.5) is 4.39 Å². The molecule has 3 heterocycles. The van der Waals surface area contributed by atoms with Crippen LogP contribution in [0.15, 0.2) is 41.6 Å². The normalized spacial score (nSPS) is 19.0. The Morgan fingerprint density at radius 1 is 1.31 bits per heavy atom. The smallest absolute Gasteiger partial charge is 0.275 e. The summed E-state index contributed by atoms with van der Waals surface area (Å²) in [5.74, 6) is -0.790. The van der Waals surface area contributed by atoms with Crippen molar-refractivity contribution < 1.29 is 23.9 Å². The van der Waals surface area contributed by atoms with Crippen LogP contribution in [0.3, 0.4) is 0 Å². The van der Waals surface area contributed by atoms with E-state index in [1.165, 1.54) is 17.4 Å². The second-order valence-electron chi connectivity index (χ2n) is 9.45. The van der Waals surface area contributed by atoms with E-state index in [0.717, 1.165) is 52.9 Å². The first kappa shape index (κ1) is 23.7. The summed E-state index contributed by atoms with van der Waals surface area (Å²) in [4.78, 5) is 21.7. The molecule has 1 saturated carbocycles. The summed E-state index contributed by atoms with van der Waals surface area (Å²) in [6.45, 7) is 2.46. The molecule has 1 saturated heterocycles. The molecule has 2 atom stereocenters. The highest BCUT2D eigenvalue weighted by Gasteiger charge is 2.33. The van der Waals surface area contributed by atoms with E-state index in [1.807, 2.05) is 18.2 Å². The van der Waals surface area contributed by atoms with Gasteiger partial charge in [0.15, 0.2) is 17.3 Å². The standard InChI is InChI=1S/C26H25ClFN3O4S/c27-15-3-6-17-18-13-34-30-23(25(18)36-22(17)11-15)26(33)29-20(12-31-8-1-9-31)24(32)14-2-7-21(19(28)10-14)35-16-4-5-16/h2-3,6-7,10-11,16,20,24,32H,1,4-5,8-9,12-13H2,(H,29,33)/t20-,24-/m1/s1. The van der Waals surface area contributed by atoms with Crippen molar-refractivity contribution in [2.45, 2.75) is 44.1 Å². The topological polar surface area (TPSA) is 83.4 Å². The van der Waals surface area contributed by atoms with Crippen LogP contribution >= 0.6 is 22.9 Å². The molecule has 36 heavy (non-hydrogen) atoms. The van der Waals surface area contributed by atoms with Crippen LogP contribution in [-0.2, 0) is 16.2 Å². The number of rotatable bonds is 8. The monoisotopic (exact) mass is 529 g/mol. The largest absolute Gasteiger partial charge is 0.487 e.